The maximum atomic E-state index is 11.7. The number of hydrogen-bond donors (Lipinski definition) is 3. The molecule has 19 heavy (non-hydrogen) atoms. The van der Waals surface area contributed by atoms with Gasteiger partial charge in [-0.05, 0) is 54.6 Å². The average Bonchev–Trinajstić information content (AvgIpc) is 2.30. The Kier molecular flexibility index (Phi) is 5.42. The van der Waals surface area contributed by atoms with E-state index in [-0.39, 0.29) is 6.54 Å². The largest absolute Gasteiger partial charge is 0.481 e. The number of carbonyl (C=O) groups is 2. The lowest BCUT2D eigenvalue weighted by molar-refractivity contribution is -0.146. The van der Waals surface area contributed by atoms with E-state index in [1.54, 1.807) is 32.0 Å². The molecule has 7 heteroatoms. The van der Waals surface area contributed by atoms with Crippen LogP contribution in [0, 0.1) is 8.99 Å². The SMILES string of the molecule is CC(C)(CNC(=O)Nc1ccc(Cl)cc1I)C(=O)O. The van der Waals surface area contributed by atoms with Crippen LogP contribution in [0.15, 0.2) is 18.2 Å². The molecule has 0 saturated heterocycles. The van der Waals surface area contributed by atoms with Gasteiger partial charge in [-0.2, -0.15) is 0 Å². The Labute approximate surface area is 129 Å². The summed E-state index contributed by atoms with van der Waals surface area (Å²) in [5, 5.41) is 14.7. The normalized spacial score (nSPS) is 10.9. The topological polar surface area (TPSA) is 78.4 Å². The van der Waals surface area contributed by atoms with Crippen LogP contribution in [0.1, 0.15) is 13.8 Å². The molecule has 0 unspecified atom stereocenters. The molecular formula is C12H14ClIN2O3. The van der Waals surface area contributed by atoms with Crippen molar-refractivity contribution < 1.29 is 14.7 Å². The van der Waals surface area contributed by atoms with Crippen molar-refractivity contribution in [2.24, 2.45) is 5.41 Å². The van der Waals surface area contributed by atoms with E-state index in [9.17, 15) is 9.59 Å². The zero-order valence-electron chi connectivity index (χ0n) is 10.5. The number of carboxylic acids is 1. The Bertz CT molecular complexity index is 506. The van der Waals surface area contributed by atoms with E-state index in [0.717, 1.165) is 3.57 Å². The van der Waals surface area contributed by atoms with Crippen LogP contribution >= 0.6 is 34.2 Å². The lowest BCUT2D eigenvalue weighted by Crippen LogP contribution is -2.40. The van der Waals surface area contributed by atoms with Gasteiger partial charge in [-0.15, -0.1) is 0 Å². The first kappa shape index (κ1) is 16.0. The van der Waals surface area contributed by atoms with Crippen molar-refractivity contribution in [3.8, 4) is 0 Å². The summed E-state index contributed by atoms with van der Waals surface area (Å²) in [7, 11) is 0. The number of hydrogen-bond acceptors (Lipinski definition) is 2. The van der Waals surface area contributed by atoms with Crippen molar-refractivity contribution in [1.29, 1.82) is 0 Å². The molecule has 0 saturated carbocycles. The molecule has 2 amide bonds. The van der Waals surface area contributed by atoms with Gasteiger partial charge >= 0.3 is 12.0 Å². The molecule has 0 radical (unpaired) electrons. The molecule has 0 heterocycles. The van der Waals surface area contributed by atoms with Gasteiger partial charge in [-0.25, -0.2) is 4.79 Å². The molecule has 0 aliphatic carbocycles. The minimum atomic E-state index is -1.01. The summed E-state index contributed by atoms with van der Waals surface area (Å²) in [5.41, 5.74) is -0.388. The monoisotopic (exact) mass is 396 g/mol. The summed E-state index contributed by atoms with van der Waals surface area (Å²) < 4.78 is 0.803. The Balaban J connectivity index is 2.59. The van der Waals surface area contributed by atoms with Gasteiger partial charge in [-0.1, -0.05) is 11.6 Å². The molecule has 0 atom stereocenters. The highest BCUT2D eigenvalue weighted by Crippen LogP contribution is 2.22. The molecule has 0 spiro atoms. The highest BCUT2D eigenvalue weighted by atomic mass is 127. The molecule has 1 aromatic rings. The van der Waals surface area contributed by atoms with E-state index < -0.39 is 17.4 Å². The number of amides is 2. The van der Waals surface area contributed by atoms with E-state index >= 15 is 0 Å². The predicted molar refractivity (Wildman–Crippen MR) is 82.6 cm³/mol. The molecule has 0 fully saturated rings. The van der Waals surface area contributed by atoms with Gasteiger partial charge in [0.1, 0.15) is 0 Å². The van der Waals surface area contributed by atoms with E-state index in [1.165, 1.54) is 0 Å². The molecule has 1 rings (SSSR count). The first-order valence-corrected chi connectivity index (χ1v) is 6.91. The smallest absolute Gasteiger partial charge is 0.319 e. The Hall–Kier alpha value is -1.02. The number of aliphatic carboxylic acids is 1. The molecule has 0 aliphatic rings. The van der Waals surface area contributed by atoms with Gasteiger partial charge in [0.05, 0.1) is 11.1 Å². The van der Waals surface area contributed by atoms with Crippen molar-refractivity contribution in [2.45, 2.75) is 13.8 Å². The van der Waals surface area contributed by atoms with Gasteiger partial charge in [0.25, 0.3) is 0 Å². The summed E-state index contributed by atoms with van der Waals surface area (Å²) >= 11 is 7.86. The van der Waals surface area contributed by atoms with Crippen molar-refractivity contribution in [3.63, 3.8) is 0 Å². The summed E-state index contributed by atoms with van der Waals surface area (Å²) in [6.45, 7) is 3.13. The number of nitrogens with one attached hydrogen (secondary N) is 2. The third-order valence-corrected chi connectivity index (χ3v) is 3.58. The fourth-order valence-corrected chi connectivity index (χ4v) is 2.14. The maximum absolute atomic E-state index is 11.7. The first-order chi connectivity index (χ1) is 8.72. The van der Waals surface area contributed by atoms with Crippen molar-refractivity contribution in [2.75, 3.05) is 11.9 Å². The molecule has 5 nitrogen and oxygen atoms in total. The number of carbonyl (C=O) groups excluding carboxylic acids is 1. The molecule has 1 aromatic carbocycles. The quantitative estimate of drug-likeness (QED) is 0.684. The molecule has 3 N–H and O–H groups in total. The van der Waals surface area contributed by atoms with Crippen molar-refractivity contribution >= 4 is 51.9 Å². The lowest BCUT2D eigenvalue weighted by atomic mass is 9.94. The van der Waals surface area contributed by atoms with E-state index in [1.807, 2.05) is 0 Å². The number of anilines is 1. The molecular weight excluding hydrogens is 383 g/mol. The van der Waals surface area contributed by atoms with E-state index in [0.29, 0.717) is 10.7 Å². The fraction of sp³-hybridized carbons (Fsp3) is 0.333. The van der Waals surface area contributed by atoms with Gasteiger partial charge in [0, 0.05) is 15.1 Å². The van der Waals surface area contributed by atoms with Crippen LogP contribution in [0.25, 0.3) is 0 Å². The van der Waals surface area contributed by atoms with Crippen LogP contribution in [-0.2, 0) is 4.79 Å². The summed E-state index contributed by atoms with van der Waals surface area (Å²) in [5.74, 6) is -0.964. The zero-order valence-corrected chi connectivity index (χ0v) is 13.4. The Morgan fingerprint density at radius 2 is 2.05 bits per heavy atom. The third kappa shape index (κ3) is 4.87. The van der Waals surface area contributed by atoms with Crippen molar-refractivity contribution in [3.05, 3.63) is 26.8 Å². The minimum Gasteiger partial charge on any atom is -0.481 e. The average molecular weight is 397 g/mol. The standard InChI is InChI=1S/C12H14ClIN2O3/c1-12(2,10(17)18)6-15-11(19)16-9-4-3-7(13)5-8(9)14/h3-5H,6H2,1-2H3,(H,17,18)(H2,15,16,19). The number of rotatable bonds is 4. The third-order valence-electron chi connectivity index (χ3n) is 2.45. The van der Waals surface area contributed by atoms with Gasteiger partial charge in [-0.3, -0.25) is 4.79 Å². The van der Waals surface area contributed by atoms with Gasteiger partial charge in [0.2, 0.25) is 0 Å². The van der Waals surface area contributed by atoms with E-state index in [4.69, 9.17) is 16.7 Å². The highest BCUT2D eigenvalue weighted by molar-refractivity contribution is 14.1. The number of benzene rings is 1. The lowest BCUT2D eigenvalue weighted by Gasteiger charge is -2.19. The molecule has 0 bridgehead atoms. The van der Waals surface area contributed by atoms with Crippen LogP contribution in [0.3, 0.4) is 0 Å². The maximum Gasteiger partial charge on any atom is 0.319 e. The second-order valence-electron chi connectivity index (χ2n) is 4.62. The zero-order chi connectivity index (χ0) is 14.6. The fourth-order valence-electron chi connectivity index (χ4n) is 1.13. The Morgan fingerprint density at radius 1 is 1.42 bits per heavy atom. The van der Waals surface area contributed by atoms with E-state index in [2.05, 4.69) is 33.2 Å². The first-order valence-electron chi connectivity index (χ1n) is 5.45. The number of carboxylic acid groups (broad SMARTS) is 1. The summed E-state index contributed by atoms with van der Waals surface area (Å²) in [4.78, 5) is 22.6. The second kappa shape index (κ2) is 6.42. The van der Waals surface area contributed by atoms with Crippen LogP contribution in [-0.4, -0.2) is 23.7 Å². The van der Waals surface area contributed by atoms with Gasteiger partial charge in [0.15, 0.2) is 0 Å². The van der Waals surface area contributed by atoms with Crippen molar-refractivity contribution in [1.82, 2.24) is 5.32 Å². The number of halogens is 2. The number of urea groups is 1. The molecule has 0 aromatic heterocycles. The highest BCUT2D eigenvalue weighted by Gasteiger charge is 2.27. The van der Waals surface area contributed by atoms with Crippen LogP contribution < -0.4 is 10.6 Å². The van der Waals surface area contributed by atoms with Crippen LogP contribution in [0.2, 0.25) is 5.02 Å². The van der Waals surface area contributed by atoms with Gasteiger partial charge < -0.3 is 15.7 Å². The Morgan fingerprint density at radius 3 is 2.58 bits per heavy atom. The summed E-state index contributed by atoms with van der Waals surface area (Å²) in [6, 6.07) is 4.63. The molecule has 104 valence electrons. The minimum absolute atomic E-state index is 0.0400. The summed E-state index contributed by atoms with van der Waals surface area (Å²) in [6.07, 6.45) is 0. The van der Waals surface area contributed by atoms with Crippen LogP contribution in [0.4, 0.5) is 10.5 Å². The molecule has 0 aliphatic heterocycles. The van der Waals surface area contributed by atoms with Crippen LogP contribution in [0.5, 0.6) is 0 Å². The predicted octanol–water partition coefficient (Wildman–Crippen LogP) is 3.18. The second-order valence-corrected chi connectivity index (χ2v) is 6.22.